The molecule has 0 spiro atoms. The maximum atomic E-state index is 12.6. The molecule has 0 aromatic heterocycles. The first-order valence-electron chi connectivity index (χ1n) is 11.7. The van der Waals surface area contributed by atoms with Gasteiger partial charge in [-0.15, -0.1) is 0 Å². The average molecular weight is 391 g/mol. The van der Waals surface area contributed by atoms with Crippen molar-refractivity contribution >= 4 is 17.7 Å². The van der Waals surface area contributed by atoms with Crippen LogP contribution in [0.4, 0.5) is 0 Å². The van der Waals surface area contributed by atoms with Crippen LogP contribution in [0.1, 0.15) is 96.3 Å². The first-order valence-corrected chi connectivity index (χ1v) is 11.7. The summed E-state index contributed by atoms with van der Waals surface area (Å²) in [6.45, 7) is 1.41. The molecular weight excluding hydrogens is 352 g/mol. The van der Waals surface area contributed by atoms with Crippen molar-refractivity contribution in [1.29, 1.82) is 0 Å². The minimum atomic E-state index is -0.0180. The number of likely N-dealkylation sites (tertiary alicyclic amines) is 1. The zero-order valence-corrected chi connectivity index (χ0v) is 17.4. The second-order valence-electron chi connectivity index (χ2n) is 9.28. The summed E-state index contributed by atoms with van der Waals surface area (Å²) in [5, 5.41) is 3.25. The van der Waals surface area contributed by atoms with Crippen molar-refractivity contribution in [3.8, 4) is 0 Å². The van der Waals surface area contributed by atoms with E-state index >= 15 is 0 Å². The molecule has 158 valence electrons. The molecule has 3 fully saturated rings. The summed E-state index contributed by atoms with van der Waals surface area (Å²) in [6, 6.07) is 0. The molecule has 1 N–H and O–H groups in total. The van der Waals surface area contributed by atoms with Crippen LogP contribution in [0.3, 0.4) is 0 Å². The van der Waals surface area contributed by atoms with E-state index in [2.05, 4.69) is 5.32 Å². The van der Waals surface area contributed by atoms with E-state index in [0.717, 1.165) is 32.2 Å². The summed E-state index contributed by atoms with van der Waals surface area (Å²) in [5.74, 6) is 1.31. The number of amides is 3. The highest BCUT2D eigenvalue weighted by atomic mass is 16.2. The van der Waals surface area contributed by atoms with Gasteiger partial charge in [-0.3, -0.25) is 19.3 Å². The number of carbonyl (C=O) groups excluding carboxylic acids is 3. The largest absolute Gasteiger partial charge is 0.356 e. The number of carbonyl (C=O) groups is 3. The summed E-state index contributed by atoms with van der Waals surface area (Å²) in [7, 11) is 0. The highest BCUT2D eigenvalue weighted by molar-refractivity contribution is 6.01. The first kappa shape index (κ1) is 21.3. The summed E-state index contributed by atoms with van der Waals surface area (Å²) in [5.41, 5.74) is 0. The molecule has 0 radical (unpaired) electrons. The number of imide groups is 1. The Labute approximate surface area is 170 Å². The second kappa shape index (κ2) is 11.0. The van der Waals surface area contributed by atoms with Crippen molar-refractivity contribution < 1.29 is 14.4 Å². The van der Waals surface area contributed by atoms with Crippen molar-refractivity contribution in [2.24, 2.45) is 17.8 Å². The van der Waals surface area contributed by atoms with Gasteiger partial charge in [0.25, 0.3) is 0 Å². The molecule has 28 heavy (non-hydrogen) atoms. The van der Waals surface area contributed by atoms with Gasteiger partial charge in [-0.2, -0.15) is 0 Å². The highest BCUT2D eigenvalue weighted by Gasteiger charge is 2.33. The highest BCUT2D eigenvalue weighted by Crippen LogP contribution is 2.31. The van der Waals surface area contributed by atoms with E-state index in [1.807, 2.05) is 0 Å². The van der Waals surface area contributed by atoms with Crippen LogP contribution in [0, 0.1) is 17.8 Å². The summed E-state index contributed by atoms with van der Waals surface area (Å²) in [6.07, 6.45) is 16.3. The Morgan fingerprint density at radius 2 is 1.29 bits per heavy atom. The topological polar surface area (TPSA) is 66.5 Å². The third-order valence-electron chi connectivity index (χ3n) is 7.10. The van der Waals surface area contributed by atoms with Gasteiger partial charge in [0, 0.05) is 31.8 Å². The van der Waals surface area contributed by atoms with Crippen LogP contribution in [0.25, 0.3) is 0 Å². The fourth-order valence-electron chi connectivity index (χ4n) is 5.18. The third-order valence-corrected chi connectivity index (χ3v) is 7.10. The van der Waals surface area contributed by atoms with Crippen LogP contribution in [-0.4, -0.2) is 35.7 Å². The molecule has 2 aliphatic carbocycles. The predicted octanol–water partition coefficient (Wildman–Crippen LogP) is 4.20. The summed E-state index contributed by atoms with van der Waals surface area (Å²) < 4.78 is 0. The Morgan fingerprint density at radius 3 is 1.86 bits per heavy atom. The Kier molecular flexibility index (Phi) is 8.35. The number of rotatable bonds is 5. The third kappa shape index (κ3) is 6.31. The molecule has 1 aliphatic heterocycles. The molecule has 0 unspecified atom stereocenters. The first-order chi connectivity index (χ1) is 13.6. The van der Waals surface area contributed by atoms with Crippen LogP contribution >= 0.6 is 0 Å². The monoisotopic (exact) mass is 390 g/mol. The predicted molar refractivity (Wildman–Crippen MR) is 109 cm³/mol. The maximum Gasteiger partial charge on any atom is 0.229 e. The molecule has 1 saturated heterocycles. The van der Waals surface area contributed by atoms with Crippen molar-refractivity contribution in [2.75, 3.05) is 13.1 Å². The van der Waals surface area contributed by atoms with Crippen molar-refractivity contribution in [2.45, 2.75) is 96.3 Å². The van der Waals surface area contributed by atoms with E-state index in [-0.39, 0.29) is 23.6 Å². The fourth-order valence-corrected chi connectivity index (χ4v) is 5.18. The van der Waals surface area contributed by atoms with Gasteiger partial charge in [0.05, 0.1) is 0 Å². The molecule has 0 atom stereocenters. The minimum Gasteiger partial charge on any atom is -0.356 e. The van der Waals surface area contributed by atoms with E-state index in [4.69, 9.17) is 0 Å². The van der Waals surface area contributed by atoms with Crippen LogP contribution < -0.4 is 5.32 Å². The van der Waals surface area contributed by atoms with Crippen LogP contribution in [0.15, 0.2) is 0 Å². The normalized spacial score (nSPS) is 28.4. The van der Waals surface area contributed by atoms with Crippen LogP contribution in [0.5, 0.6) is 0 Å². The van der Waals surface area contributed by atoms with Gasteiger partial charge < -0.3 is 5.32 Å². The zero-order chi connectivity index (χ0) is 19.8. The molecule has 0 aromatic rings. The Hall–Kier alpha value is -1.39. The molecule has 3 amide bonds. The lowest BCUT2D eigenvalue weighted by atomic mass is 9.81. The van der Waals surface area contributed by atoms with E-state index in [1.165, 1.54) is 62.7 Å². The lowest BCUT2D eigenvalue weighted by molar-refractivity contribution is -0.139. The maximum absolute atomic E-state index is 12.6. The SMILES string of the molecule is O=C(NCC1CCCCCCCCC1)C1CCC(CN2C(=O)CCC2=O)CC1. The van der Waals surface area contributed by atoms with Gasteiger partial charge in [-0.1, -0.05) is 44.9 Å². The smallest absolute Gasteiger partial charge is 0.229 e. The van der Waals surface area contributed by atoms with Gasteiger partial charge in [0.2, 0.25) is 17.7 Å². The number of nitrogens with zero attached hydrogens (tertiary/aromatic N) is 1. The van der Waals surface area contributed by atoms with Crippen LogP contribution in [-0.2, 0) is 14.4 Å². The standard InChI is InChI=1S/C23H38N2O3/c26-21-14-15-22(27)25(21)17-19-10-12-20(13-11-19)23(28)24-16-18-8-6-4-2-1-3-5-7-9-18/h18-20H,1-17H2,(H,24,28). The summed E-state index contributed by atoms with van der Waals surface area (Å²) >= 11 is 0. The molecule has 0 aromatic carbocycles. The van der Waals surface area contributed by atoms with Crippen molar-refractivity contribution in [3.63, 3.8) is 0 Å². The second-order valence-corrected chi connectivity index (χ2v) is 9.28. The molecule has 5 nitrogen and oxygen atoms in total. The lowest BCUT2D eigenvalue weighted by Crippen LogP contribution is -2.39. The van der Waals surface area contributed by atoms with Crippen LogP contribution in [0.2, 0.25) is 0 Å². The van der Waals surface area contributed by atoms with E-state index in [9.17, 15) is 14.4 Å². The van der Waals surface area contributed by atoms with Gasteiger partial charge in [0.15, 0.2) is 0 Å². The molecule has 1 heterocycles. The van der Waals surface area contributed by atoms with Crippen molar-refractivity contribution in [1.82, 2.24) is 10.2 Å². The number of nitrogens with one attached hydrogen (secondary N) is 1. The van der Waals surface area contributed by atoms with E-state index in [1.54, 1.807) is 0 Å². The molecule has 3 aliphatic rings. The fraction of sp³-hybridized carbons (Fsp3) is 0.870. The van der Waals surface area contributed by atoms with Gasteiger partial charge >= 0.3 is 0 Å². The zero-order valence-electron chi connectivity index (χ0n) is 17.4. The van der Waals surface area contributed by atoms with E-state index < -0.39 is 0 Å². The summed E-state index contributed by atoms with van der Waals surface area (Å²) in [4.78, 5) is 37.7. The van der Waals surface area contributed by atoms with Gasteiger partial charge in [-0.25, -0.2) is 0 Å². The van der Waals surface area contributed by atoms with E-state index in [0.29, 0.717) is 31.2 Å². The van der Waals surface area contributed by atoms with Gasteiger partial charge in [-0.05, 0) is 50.4 Å². The molecular formula is C23H38N2O3. The Balaban J connectivity index is 1.36. The molecule has 2 saturated carbocycles. The average Bonchev–Trinajstić information content (AvgIpc) is 3.03. The molecule has 3 rings (SSSR count). The minimum absolute atomic E-state index is 0.0180. The van der Waals surface area contributed by atoms with Gasteiger partial charge in [0.1, 0.15) is 0 Å². The van der Waals surface area contributed by atoms with Crippen molar-refractivity contribution in [3.05, 3.63) is 0 Å². The quantitative estimate of drug-likeness (QED) is 0.716. The lowest BCUT2D eigenvalue weighted by Gasteiger charge is -2.30. The Bertz CT molecular complexity index is 514. The molecule has 5 heteroatoms. The number of hydrogen-bond donors (Lipinski definition) is 1. The Morgan fingerprint density at radius 1 is 0.750 bits per heavy atom. The molecule has 0 bridgehead atoms. The number of hydrogen-bond acceptors (Lipinski definition) is 3.